The van der Waals surface area contributed by atoms with Crippen LogP contribution in [-0.4, -0.2) is 20.4 Å². The Morgan fingerprint density at radius 1 is 0.742 bits per heavy atom. The number of unbranched alkanes of at least 4 members (excludes halogenated alkanes) is 7. The van der Waals surface area contributed by atoms with Crippen LogP contribution in [0.5, 0.6) is 11.5 Å². The van der Waals surface area contributed by atoms with Crippen LogP contribution in [-0.2, 0) is 13.2 Å². The highest BCUT2D eigenvalue weighted by molar-refractivity contribution is 5.37. The molecule has 0 bridgehead atoms. The SMILES string of the molecule is CCCCCCCCCCC(c1oc(CO)cc(=O)c1O)c1oc(CO)cc(=O)c1O. The van der Waals surface area contributed by atoms with Crippen molar-refractivity contribution in [2.24, 2.45) is 0 Å². The molecule has 0 spiro atoms. The summed E-state index contributed by atoms with van der Waals surface area (Å²) >= 11 is 0. The Labute approximate surface area is 180 Å². The summed E-state index contributed by atoms with van der Waals surface area (Å²) in [6, 6.07) is 1.96. The van der Waals surface area contributed by atoms with Gasteiger partial charge in [-0.15, -0.1) is 0 Å². The highest BCUT2D eigenvalue weighted by atomic mass is 16.4. The Kier molecular flexibility index (Phi) is 9.81. The van der Waals surface area contributed by atoms with Gasteiger partial charge in [0.1, 0.15) is 24.7 Å². The van der Waals surface area contributed by atoms with Crippen molar-refractivity contribution in [1.82, 2.24) is 0 Å². The first-order valence-electron chi connectivity index (χ1n) is 10.9. The van der Waals surface area contributed by atoms with Gasteiger partial charge in [0.05, 0.1) is 5.92 Å². The fraction of sp³-hybridized carbons (Fsp3) is 0.565. The lowest BCUT2D eigenvalue weighted by Crippen LogP contribution is -2.13. The minimum Gasteiger partial charge on any atom is -0.502 e. The third-order valence-electron chi connectivity index (χ3n) is 5.29. The van der Waals surface area contributed by atoms with Crippen LogP contribution in [0, 0.1) is 0 Å². The summed E-state index contributed by atoms with van der Waals surface area (Å²) in [7, 11) is 0. The second-order valence-corrected chi connectivity index (χ2v) is 7.71. The van der Waals surface area contributed by atoms with E-state index in [0.717, 1.165) is 31.4 Å². The molecule has 0 fully saturated rings. The molecule has 0 saturated carbocycles. The number of rotatable bonds is 13. The highest BCUT2D eigenvalue weighted by Gasteiger charge is 2.29. The van der Waals surface area contributed by atoms with Crippen molar-refractivity contribution in [2.75, 3.05) is 0 Å². The van der Waals surface area contributed by atoms with Gasteiger partial charge in [-0.25, -0.2) is 0 Å². The number of aliphatic hydroxyl groups excluding tert-OH is 2. The molecule has 0 atom stereocenters. The normalized spacial score (nSPS) is 11.4. The molecule has 31 heavy (non-hydrogen) atoms. The largest absolute Gasteiger partial charge is 0.502 e. The maximum Gasteiger partial charge on any atom is 0.227 e. The molecular formula is C23H32O8. The number of aliphatic hydroxyl groups is 2. The predicted octanol–water partition coefficient (Wildman–Crippen LogP) is 3.65. The monoisotopic (exact) mass is 436 g/mol. The van der Waals surface area contributed by atoms with E-state index < -0.39 is 41.5 Å². The van der Waals surface area contributed by atoms with Gasteiger partial charge in [-0.05, 0) is 6.42 Å². The van der Waals surface area contributed by atoms with E-state index in [1.165, 1.54) is 25.7 Å². The molecule has 0 unspecified atom stereocenters. The van der Waals surface area contributed by atoms with Crippen molar-refractivity contribution in [2.45, 2.75) is 83.8 Å². The first-order valence-corrected chi connectivity index (χ1v) is 10.9. The smallest absolute Gasteiger partial charge is 0.227 e. The molecule has 2 aromatic heterocycles. The van der Waals surface area contributed by atoms with Crippen molar-refractivity contribution in [1.29, 1.82) is 0 Å². The van der Waals surface area contributed by atoms with Gasteiger partial charge in [0.15, 0.2) is 11.5 Å². The molecule has 8 heteroatoms. The zero-order chi connectivity index (χ0) is 22.8. The van der Waals surface area contributed by atoms with E-state index in [1.54, 1.807) is 0 Å². The van der Waals surface area contributed by atoms with Crippen LogP contribution in [0.3, 0.4) is 0 Å². The lowest BCUT2D eigenvalue weighted by Gasteiger charge is -2.18. The minimum atomic E-state index is -0.932. The fourth-order valence-electron chi connectivity index (χ4n) is 3.60. The Morgan fingerprint density at radius 2 is 1.16 bits per heavy atom. The average molecular weight is 437 g/mol. The topological polar surface area (TPSA) is 141 Å². The summed E-state index contributed by atoms with van der Waals surface area (Å²) in [5, 5.41) is 39.4. The molecule has 172 valence electrons. The van der Waals surface area contributed by atoms with E-state index in [2.05, 4.69) is 6.92 Å². The molecule has 0 aliphatic carbocycles. The molecule has 0 aliphatic rings. The summed E-state index contributed by atoms with van der Waals surface area (Å²) in [5.41, 5.74) is -1.49. The molecule has 0 aliphatic heterocycles. The van der Waals surface area contributed by atoms with Gasteiger partial charge in [0, 0.05) is 12.1 Å². The van der Waals surface area contributed by atoms with Crippen molar-refractivity contribution >= 4 is 0 Å². The Bertz CT molecular complexity index is 876. The van der Waals surface area contributed by atoms with E-state index in [1.807, 2.05) is 0 Å². The molecule has 2 aromatic rings. The van der Waals surface area contributed by atoms with Crippen molar-refractivity contribution < 1.29 is 29.3 Å². The van der Waals surface area contributed by atoms with Crippen molar-refractivity contribution in [3.05, 3.63) is 55.6 Å². The molecule has 4 N–H and O–H groups in total. The second kappa shape index (κ2) is 12.3. The van der Waals surface area contributed by atoms with Crippen LogP contribution >= 0.6 is 0 Å². The Hall–Kier alpha value is -2.58. The van der Waals surface area contributed by atoms with E-state index in [9.17, 15) is 30.0 Å². The predicted molar refractivity (Wildman–Crippen MR) is 114 cm³/mol. The summed E-state index contributed by atoms with van der Waals surface area (Å²) in [5.74, 6) is -2.76. The Balaban J connectivity index is 2.30. The van der Waals surface area contributed by atoms with E-state index in [4.69, 9.17) is 8.83 Å². The number of hydrogen-bond donors (Lipinski definition) is 4. The zero-order valence-electron chi connectivity index (χ0n) is 17.9. The minimum absolute atomic E-state index is 0.0566. The van der Waals surface area contributed by atoms with Gasteiger partial charge in [0.25, 0.3) is 0 Å². The summed E-state index contributed by atoms with van der Waals surface area (Å²) in [6.45, 7) is 1.05. The first kappa shape index (κ1) is 24.7. The van der Waals surface area contributed by atoms with E-state index in [0.29, 0.717) is 12.8 Å². The summed E-state index contributed by atoms with van der Waals surface area (Å²) in [4.78, 5) is 24.2. The van der Waals surface area contributed by atoms with E-state index >= 15 is 0 Å². The molecule has 8 nitrogen and oxygen atoms in total. The molecule has 0 aromatic carbocycles. The van der Waals surface area contributed by atoms with Gasteiger partial charge in [-0.3, -0.25) is 9.59 Å². The maximum absolute atomic E-state index is 12.1. The number of aromatic hydroxyl groups is 2. The van der Waals surface area contributed by atoms with Gasteiger partial charge < -0.3 is 29.3 Å². The zero-order valence-corrected chi connectivity index (χ0v) is 17.9. The molecule has 2 heterocycles. The summed E-state index contributed by atoms with van der Waals surface area (Å²) in [6.07, 6.45) is 8.76. The van der Waals surface area contributed by atoms with Crippen molar-refractivity contribution in [3.8, 4) is 11.5 Å². The standard InChI is InChI=1S/C23H32O8/c1-2-3-4-5-6-7-8-9-10-17(22-20(28)18(26)11-15(13-24)30-22)23-21(29)19(27)12-16(14-25)31-23/h11-12,17,24-25,28-29H,2-10,13-14H2,1H3. The van der Waals surface area contributed by atoms with Crippen LogP contribution < -0.4 is 10.9 Å². The number of hydrogen-bond acceptors (Lipinski definition) is 8. The van der Waals surface area contributed by atoms with Crippen molar-refractivity contribution in [3.63, 3.8) is 0 Å². The fourth-order valence-corrected chi connectivity index (χ4v) is 3.60. The second-order valence-electron chi connectivity index (χ2n) is 7.71. The molecule has 0 amide bonds. The van der Waals surface area contributed by atoms with Crippen LogP contribution in [0.2, 0.25) is 0 Å². The van der Waals surface area contributed by atoms with Gasteiger partial charge >= 0.3 is 0 Å². The maximum atomic E-state index is 12.1. The molecule has 2 rings (SSSR count). The third-order valence-corrected chi connectivity index (χ3v) is 5.29. The van der Waals surface area contributed by atoms with Crippen LogP contribution in [0.15, 0.2) is 30.6 Å². The van der Waals surface area contributed by atoms with Gasteiger partial charge in [-0.2, -0.15) is 0 Å². The Morgan fingerprint density at radius 3 is 1.58 bits per heavy atom. The molecular weight excluding hydrogens is 404 g/mol. The average Bonchev–Trinajstić information content (AvgIpc) is 2.77. The van der Waals surface area contributed by atoms with Gasteiger partial charge in [0.2, 0.25) is 22.4 Å². The highest BCUT2D eigenvalue weighted by Crippen LogP contribution is 2.38. The van der Waals surface area contributed by atoms with Crippen LogP contribution in [0.25, 0.3) is 0 Å². The lowest BCUT2D eigenvalue weighted by atomic mass is 9.93. The van der Waals surface area contributed by atoms with Crippen LogP contribution in [0.1, 0.15) is 93.7 Å². The molecule has 0 saturated heterocycles. The van der Waals surface area contributed by atoms with E-state index in [-0.39, 0.29) is 23.0 Å². The quantitative estimate of drug-likeness (QED) is 0.349. The summed E-state index contributed by atoms with van der Waals surface area (Å²) < 4.78 is 11.0. The van der Waals surface area contributed by atoms with Crippen LogP contribution in [0.4, 0.5) is 0 Å². The molecule has 0 radical (unpaired) electrons. The lowest BCUT2D eigenvalue weighted by molar-refractivity contribution is 0.220. The first-order chi connectivity index (χ1) is 14.9. The van der Waals surface area contributed by atoms with Gasteiger partial charge in [-0.1, -0.05) is 58.3 Å². The third kappa shape index (κ3) is 6.70.